The number of ether oxygens (including phenoxy) is 1. The largest absolute Gasteiger partial charge is 0.494 e. The summed E-state index contributed by atoms with van der Waals surface area (Å²) in [5.41, 5.74) is 0.621. The maximum atomic E-state index is 13.1. The molecule has 1 heterocycles. The second kappa shape index (κ2) is 6.18. The van der Waals surface area contributed by atoms with Crippen LogP contribution < -0.4 is 4.74 Å². The summed E-state index contributed by atoms with van der Waals surface area (Å²) in [5, 5.41) is 0. The van der Waals surface area contributed by atoms with Gasteiger partial charge in [0.15, 0.2) is 5.78 Å². The summed E-state index contributed by atoms with van der Waals surface area (Å²) in [4.78, 5) is 15.6. The van der Waals surface area contributed by atoms with Gasteiger partial charge in [-0.3, -0.25) is 9.69 Å². The molecule has 3 rings (SSSR count). The molecular formula is C18H25NO2. The first-order valence-corrected chi connectivity index (χ1v) is 8.29. The lowest BCUT2D eigenvalue weighted by molar-refractivity contribution is 0.0626. The Bertz CT molecular complexity index is 482. The molecule has 1 aliphatic carbocycles. The standard InChI is InChI=1S/C18H25NO2/c1-2-21-16-9-7-15(8-10-16)17(20)18(11-3-4-12-18)19-13-5-6-14-19/h7-10H,2-6,11-14H2,1H3. The third-order valence-corrected chi connectivity index (χ3v) is 4.99. The molecule has 0 amide bonds. The number of likely N-dealkylation sites (tertiary alicyclic amines) is 1. The van der Waals surface area contributed by atoms with E-state index < -0.39 is 0 Å². The molecule has 1 saturated heterocycles. The molecule has 1 aromatic carbocycles. The molecule has 1 aliphatic heterocycles. The van der Waals surface area contributed by atoms with Crippen LogP contribution in [0.3, 0.4) is 0 Å². The van der Waals surface area contributed by atoms with E-state index in [-0.39, 0.29) is 5.54 Å². The Morgan fingerprint density at radius 1 is 1.10 bits per heavy atom. The Morgan fingerprint density at radius 3 is 2.29 bits per heavy atom. The summed E-state index contributed by atoms with van der Waals surface area (Å²) in [7, 11) is 0. The van der Waals surface area contributed by atoms with Crippen molar-refractivity contribution in [2.45, 2.75) is 51.0 Å². The van der Waals surface area contributed by atoms with Gasteiger partial charge in [-0.2, -0.15) is 0 Å². The molecule has 0 aromatic heterocycles. The van der Waals surface area contributed by atoms with Gasteiger partial charge in [0.05, 0.1) is 12.1 Å². The highest BCUT2D eigenvalue weighted by atomic mass is 16.5. The van der Waals surface area contributed by atoms with Gasteiger partial charge in [0.25, 0.3) is 0 Å². The fraction of sp³-hybridized carbons (Fsp3) is 0.611. The second-order valence-corrected chi connectivity index (χ2v) is 6.22. The van der Waals surface area contributed by atoms with E-state index in [1.165, 1.54) is 25.7 Å². The van der Waals surface area contributed by atoms with Crippen LogP contribution in [0.25, 0.3) is 0 Å². The van der Waals surface area contributed by atoms with Crippen molar-refractivity contribution in [1.82, 2.24) is 4.90 Å². The normalized spacial score (nSPS) is 21.6. The Labute approximate surface area is 127 Å². The van der Waals surface area contributed by atoms with Crippen LogP contribution in [0, 0.1) is 0 Å². The van der Waals surface area contributed by atoms with E-state index in [0.29, 0.717) is 12.4 Å². The molecule has 2 aliphatic rings. The Morgan fingerprint density at radius 2 is 1.71 bits per heavy atom. The number of ketones is 1. The first-order chi connectivity index (χ1) is 10.3. The van der Waals surface area contributed by atoms with Gasteiger partial charge >= 0.3 is 0 Å². The first kappa shape index (κ1) is 14.6. The maximum Gasteiger partial charge on any atom is 0.183 e. The Balaban J connectivity index is 1.83. The smallest absolute Gasteiger partial charge is 0.183 e. The summed E-state index contributed by atoms with van der Waals surface area (Å²) in [6.45, 7) is 4.80. The van der Waals surface area contributed by atoms with Gasteiger partial charge in [0, 0.05) is 5.56 Å². The zero-order valence-electron chi connectivity index (χ0n) is 12.9. The molecule has 0 radical (unpaired) electrons. The van der Waals surface area contributed by atoms with E-state index in [2.05, 4.69) is 4.90 Å². The van der Waals surface area contributed by atoms with Gasteiger partial charge in [-0.25, -0.2) is 0 Å². The third kappa shape index (κ3) is 2.71. The predicted octanol–water partition coefficient (Wildman–Crippen LogP) is 3.68. The molecule has 3 heteroatoms. The van der Waals surface area contributed by atoms with Crippen LogP contribution >= 0.6 is 0 Å². The van der Waals surface area contributed by atoms with Gasteiger partial charge in [0.2, 0.25) is 0 Å². The minimum absolute atomic E-state index is 0.219. The molecule has 0 bridgehead atoms. The zero-order chi connectivity index (χ0) is 14.7. The van der Waals surface area contributed by atoms with Crippen LogP contribution in [-0.2, 0) is 0 Å². The van der Waals surface area contributed by atoms with Crippen molar-refractivity contribution in [3.05, 3.63) is 29.8 Å². The predicted molar refractivity (Wildman–Crippen MR) is 83.9 cm³/mol. The molecule has 0 unspecified atom stereocenters. The number of benzene rings is 1. The topological polar surface area (TPSA) is 29.5 Å². The number of Topliss-reactive ketones (excluding diaryl/α,β-unsaturated/α-hetero) is 1. The summed E-state index contributed by atoms with van der Waals surface area (Å²) in [5.74, 6) is 1.17. The van der Waals surface area contributed by atoms with Gasteiger partial charge in [-0.15, -0.1) is 0 Å². The van der Waals surface area contributed by atoms with Crippen LogP contribution in [0.1, 0.15) is 55.8 Å². The maximum absolute atomic E-state index is 13.1. The number of carbonyl (C=O) groups is 1. The van der Waals surface area contributed by atoms with Crippen LogP contribution in [0.2, 0.25) is 0 Å². The lowest BCUT2D eigenvalue weighted by Crippen LogP contribution is -2.51. The van der Waals surface area contributed by atoms with E-state index in [9.17, 15) is 4.79 Å². The highest BCUT2D eigenvalue weighted by Crippen LogP contribution is 2.40. The quantitative estimate of drug-likeness (QED) is 0.774. The monoisotopic (exact) mass is 287 g/mol. The summed E-state index contributed by atoms with van der Waals surface area (Å²) in [6.07, 6.45) is 6.88. The van der Waals surface area contributed by atoms with Crippen molar-refractivity contribution in [2.24, 2.45) is 0 Å². The molecule has 0 atom stereocenters. The second-order valence-electron chi connectivity index (χ2n) is 6.22. The van der Waals surface area contributed by atoms with Crippen molar-refractivity contribution in [3.63, 3.8) is 0 Å². The number of hydrogen-bond acceptors (Lipinski definition) is 3. The summed E-state index contributed by atoms with van der Waals surface area (Å²) in [6, 6.07) is 7.71. The highest BCUT2D eigenvalue weighted by Gasteiger charge is 2.46. The molecule has 21 heavy (non-hydrogen) atoms. The fourth-order valence-corrected chi connectivity index (χ4v) is 3.93. The minimum atomic E-state index is -0.219. The molecule has 114 valence electrons. The average Bonchev–Trinajstić information content (AvgIpc) is 3.19. The van der Waals surface area contributed by atoms with E-state index in [4.69, 9.17) is 4.74 Å². The van der Waals surface area contributed by atoms with E-state index in [1.54, 1.807) is 0 Å². The van der Waals surface area contributed by atoms with E-state index in [0.717, 1.165) is 37.2 Å². The van der Waals surface area contributed by atoms with Crippen LogP contribution in [-0.4, -0.2) is 35.9 Å². The first-order valence-electron chi connectivity index (χ1n) is 8.29. The molecule has 3 nitrogen and oxygen atoms in total. The molecule has 1 saturated carbocycles. The zero-order valence-corrected chi connectivity index (χ0v) is 12.9. The van der Waals surface area contributed by atoms with Crippen molar-refractivity contribution in [1.29, 1.82) is 0 Å². The van der Waals surface area contributed by atoms with Crippen molar-refractivity contribution >= 4 is 5.78 Å². The molecule has 1 aromatic rings. The fourth-order valence-electron chi connectivity index (χ4n) is 3.93. The van der Waals surface area contributed by atoms with Gasteiger partial charge < -0.3 is 4.74 Å². The van der Waals surface area contributed by atoms with Crippen molar-refractivity contribution < 1.29 is 9.53 Å². The Kier molecular flexibility index (Phi) is 4.29. The van der Waals surface area contributed by atoms with E-state index in [1.807, 2.05) is 31.2 Å². The number of rotatable bonds is 5. The van der Waals surface area contributed by atoms with Crippen LogP contribution in [0.5, 0.6) is 5.75 Å². The number of hydrogen-bond donors (Lipinski definition) is 0. The van der Waals surface area contributed by atoms with Crippen molar-refractivity contribution in [2.75, 3.05) is 19.7 Å². The summed E-state index contributed by atoms with van der Waals surface area (Å²) < 4.78 is 5.47. The minimum Gasteiger partial charge on any atom is -0.494 e. The van der Waals surface area contributed by atoms with Gasteiger partial charge in [0.1, 0.15) is 5.75 Å². The molecular weight excluding hydrogens is 262 g/mol. The molecule has 0 N–H and O–H groups in total. The molecule has 0 spiro atoms. The van der Waals surface area contributed by atoms with Gasteiger partial charge in [-0.05, 0) is 70.0 Å². The number of nitrogens with zero attached hydrogens (tertiary/aromatic N) is 1. The van der Waals surface area contributed by atoms with Crippen LogP contribution in [0.4, 0.5) is 0 Å². The lowest BCUT2D eigenvalue weighted by atomic mass is 9.86. The number of carbonyl (C=O) groups excluding carboxylic acids is 1. The average molecular weight is 287 g/mol. The van der Waals surface area contributed by atoms with Gasteiger partial charge in [-0.1, -0.05) is 12.8 Å². The SMILES string of the molecule is CCOc1ccc(C(=O)C2(N3CCCC3)CCCC2)cc1. The summed E-state index contributed by atoms with van der Waals surface area (Å²) >= 11 is 0. The molecule has 2 fully saturated rings. The highest BCUT2D eigenvalue weighted by molar-refractivity contribution is 6.03. The third-order valence-electron chi connectivity index (χ3n) is 4.99. The lowest BCUT2D eigenvalue weighted by Gasteiger charge is -2.37. The van der Waals surface area contributed by atoms with Crippen LogP contribution in [0.15, 0.2) is 24.3 Å². The Hall–Kier alpha value is -1.35. The van der Waals surface area contributed by atoms with Crippen molar-refractivity contribution in [3.8, 4) is 5.75 Å². The van der Waals surface area contributed by atoms with E-state index >= 15 is 0 Å².